The van der Waals surface area contributed by atoms with Crippen LogP contribution < -0.4 is 16.4 Å². The van der Waals surface area contributed by atoms with Gasteiger partial charge in [-0.05, 0) is 17.7 Å². The number of nitro groups is 1. The number of hydrogen-bond donors (Lipinski definition) is 4. The van der Waals surface area contributed by atoms with Gasteiger partial charge in [-0.1, -0.05) is 18.2 Å². The summed E-state index contributed by atoms with van der Waals surface area (Å²) < 4.78 is 6.50. The fraction of sp³-hybridized carbons (Fsp3) is 0.136. The number of anilines is 2. The second-order valence-corrected chi connectivity index (χ2v) is 7.51. The van der Waals surface area contributed by atoms with E-state index < -0.39 is 28.7 Å². The summed E-state index contributed by atoms with van der Waals surface area (Å²) in [6.45, 7) is -0.00398. The molecule has 3 aromatic rings. The van der Waals surface area contributed by atoms with Crippen LogP contribution in [0, 0.1) is 10.1 Å². The Morgan fingerprint density at radius 3 is 2.81 bits per heavy atom. The quantitative estimate of drug-likeness (QED) is 0.204. The Kier molecular flexibility index (Phi) is 6.69. The van der Waals surface area contributed by atoms with Crippen molar-refractivity contribution in [2.45, 2.75) is 19.2 Å². The number of carboxylic acids is 1. The number of benzene rings is 2. The number of carbonyl (C=O) groups is 3. The molecule has 1 atom stereocenters. The predicted molar refractivity (Wildman–Crippen MR) is 127 cm³/mol. The number of carboxylic acid groups (broad SMARTS) is 1. The predicted octanol–water partition coefficient (Wildman–Crippen LogP) is 2.14. The average molecular weight is 493 g/mol. The zero-order valence-electron chi connectivity index (χ0n) is 18.5. The number of hydrogen-bond acceptors (Lipinski definition) is 10. The Morgan fingerprint density at radius 1 is 1.33 bits per heavy atom. The number of fused-ring (bicyclic) bond motifs is 1. The van der Waals surface area contributed by atoms with Crippen LogP contribution in [0.3, 0.4) is 0 Å². The summed E-state index contributed by atoms with van der Waals surface area (Å²) in [6.07, 6.45) is 2.31. The van der Waals surface area contributed by atoms with E-state index in [1.807, 2.05) is 0 Å². The first kappa shape index (κ1) is 24.0. The summed E-state index contributed by atoms with van der Waals surface area (Å²) in [5, 5.41) is 26.3. The van der Waals surface area contributed by atoms with Gasteiger partial charge in [-0.25, -0.2) is 19.6 Å². The number of aromatic nitrogens is 2. The van der Waals surface area contributed by atoms with Crippen LogP contribution in [0.1, 0.15) is 11.3 Å². The summed E-state index contributed by atoms with van der Waals surface area (Å²) in [5.74, 6) is -1.40. The topological polar surface area (TPSA) is 204 Å². The summed E-state index contributed by atoms with van der Waals surface area (Å²) in [7, 11) is 0. The third kappa shape index (κ3) is 4.88. The summed E-state index contributed by atoms with van der Waals surface area (Å²) in [6, 6.07) is 8.17. The lowest BCUT2D eigenvalue weighted by molar-refractivity contribution is -0.384. The van der Waals surface area contributed by atoms with E-state index in [1.54, 1.807) is 24.3 Å². The van der Waals surface area contributed by atoms with Crippen LogP contribution in [0.4, 0.5) is 27.5 Å². The van der Waals surface area contributed by atoms with Gasteiger partial charge in [0.2, 0.25) is 0 Å². The van der Waals surface area contributed by atoms with Gasteiger partial charge in [0.1, 0.15) is 24.6 Å². The number of nitro benzene ring substituents is 1. The molecule has 0 saturated heterocycles. The number of nitrogens with one attached hydrogen (secondary N) is 2. The van der Waals surface area contributed by atoms with Gasteiger partial charge >= 0.3 is 12.1 Å². The van der Waals surface area contributed by atoms with Crippen molar-refractivity contribution in [3.63, 3.8) is 0 Å². The first-order valence-corrected chi connectivity index (χ1v) is 10.4. The lowest BCUT2D eigenvalue weighted by atomic mass is 10.1. The largest absolute Gasteiger partial charge is 0.477 e. The van der Waals surface area contributed by atoms with Crippen LogP contribution in [0.25, 0.3) is 5.69 Å². The molecular formula is C22H19N7O7. The first-order valence-electron chi connectivity index (χ1n) is 10.4. The molecule has 1 aliphatic rings. The minimum absolute atomic E-state index is 0.0404. The van der Waals surface area contributed by atoms with Gasteiger partial charge in [-0.2, -0.15) is 0 Å². The van der Waals surface area contributed by atoms with Gasteiger partial charge < -0.3 is 25.7 Å². The van der Waals surface area contributed by atoms with Crippen LogP contribution in [0.2, 0.25) is 0 Å². The van der Waals surface area contributed by atoms with E-state index in [2.05, 4.69) is 20.6 Å². The Balaban J connectivity index is 1.55. The smallest absolute Gasteiger partial charge is 0.412 e. The highest BCUT2D eigenvalue weighted by Crippen LogP contribution is 2.38. The molecule has 36 heavy (non-hydrogen) atoms. The van der Waals surface area contributed by atoms with Crippen LogP contribution in [-0.4, -0.2) is 49.7 Å². The van der Waals surface area contributed by atoms with Crippen molar-refractivity contribution in [3.05, 3.63) is 70.3 Å². The number of rotatable bonds is 8. The normalized spacial score (nSPS) is 14.1. The zero-order valence-corrected chi connectivity index (χ0v) is 18.5. The Morgan fingerprint density at radius 2 is 2.11 bits per heavy atom. The van der Waals surface area contributed by atoms with Gasteiger partial charge in [-0.3, -0.25) is 20.0 Å². The molecule has 14 heteroatoms. The SMILES string of the molecule is NCc1ccccc1NC(=O)OCc1cn(-c2cc3c(cc2[N+](=O)[O-])NC(C=O)C(C(=O)O)=N3)cn1. The standard InChI is InChI=1S/C22H19N7O7/c23-7-12-3-1-2-4-14(12)27-22(33)36-10-13-8-28(11-24-13)18-5-16-15(6-19(18)29(34)35)25-17(9-30)20(26-16)21(31)32/h1-6,8-9,11,17,25H,7,10,23H2,(H,27,33)(H,31,32). The number of nitrogens with zero attached hydrogens (tertiary/aromatic N) is 4. The number of amides is 1. The summed E-state index contributed by atoms with van der Waals surface area (Å²) in [4.78, 5) is 54.0. The van der Waals surface area contributed by atoms with E-state index in [9.17, 15) is 29.6 Å². The Labute approximate surface area is 202 Å². The van der Waals surface area contributed by atoms with E-state index in [4.69, 9.17) is 10.5 Å². The van der Waals surface area contributed by atoms with Gasteiger partial charge in [-0.15, -0.1) is 0 Å². The minimum atomic E-state index is -1.40. The molecule has 0 aliphatic carbocycles. The molecule has 2 aromatic carbocycles. The monoisotopic (exact) mass is 493 g/mol. The number of carbonyl (C=O) groups excluding carboxylic acids is 2. The summed E-state index contributed by atoms with van der Waals surface area (Å²) >= 11 is 0. The van der Waals surface area contributed by atoms with Gasteiger partial charge in [0.25, 0.3) is 5.69 Å². The third-order valence-electron chi connectivity index (χ3n) is 5.23. The maximum Gasteiger partial charge on any atom is 0.412 e. The lowest BCUT2D eigenvalue weighted by Crippen LogP contribution is -2.38. The highest BCUT2D eigenvalue weighted by Gasteiger charge is 2.30. The van der Waals surface area contributed by atoms with Crippen molar-refractivity contribution in [2.75, 3.05) is 10.6 Å². The van der Waals surface area contributed by atoms with Crippen molar-refractivity contribution >= 4 is 46.8 Å². The molecule has 2 heterocycles. The second-order valence-electron chi connectivity index (χ2n) is 7.51. The van der Waals surface area contributed by atoms with Gasteiger partial charge in [0.15, 0.2) is 5.71 Å². The molecule has 0 fully saturated rings. The van der Waals surface area contributed by atoms with E-state index in [0.29, 0.717) is 12.0 Å². The number of aliphatic imine (C=N–C) groups is 1. The van der Waals surface area contributed by atoms with Crippen molar-refractivity contribution in [3.8, 4) is 5.69 Å². The molecule has 1 unspecified atom stereocenters. The van der Waals surface area contributed by atoms with Crippen LogP contribution >= 0.6 is 0 Å². The van der Waals surface area contributed by atoms with E-state index in [-0.39, 0.29) is 41.6 Å². The molecule has 184 valence electrons. The van der Waals surface area contributed by atoms with E-state index >= 15 is 0 Å². The molecule has 1 amide bonds. The minimum Gasteiger partial charge on any atom is -0.477 e. The number of aldehydes is 1. The van der Waals surface area contributed by atoms with Crippen molar-refractivity contribution in [1.29, 1.82) is 0 Å². The molecule has 1 aliphatic heterocycles. The maximum atomic E-state index is 12.2. The fourth-order valence-electron chi connectivity index (χ4n) is 3.52. The van der Waals surface area contributed by atoms with Crippen LogP contribution in [-0.2, 0) is 27.5 Å². The number of nitrogens with two attached hydrogens (primary N) is 1. The zero-order chi connectivity index (χ0) is 25.8. The maximum absolute atomic E-state index is 12.2. The summed E-state index contributed by atoms with van der Waals surface area (Å²) in [5.41, 5.74) is 6.64. The molecule has 0 saturated carbocycles. The van der Waals surface area contributed by atoms with Crippen molar-refractivity contribution in [1.82, 2.24) is 9.55 Å². The number of aliphatic carboxylic acids is 1. The molecule has 0 radical (unpaired) electrons. The lowest BCUT2D eigenvalue weighted by Gasteiger charge is -2.21. The van der Waals surface area contributed by atoms with Gasteiger partial charge in [0, 0.05) is 24.5 Å². The van der Waals surface area contributed by atoms with Gasteiger partial charge in [0.05, 0.1) is 28.3 Å². The molecule has 1 aromatic heterocycles. The average Bonchev–Trinajstić information content (AvgIpc) is 3.35. The van der Waals surface area contributed by atoms with Crippen LogP contribution in [0.5, 0.6) is 0 Å². The molecule has 14 nitrogen and oxygen atoms in total. The molecule has 0 bridgehead atoms. The Bertz CT molecular complexity index is 1400. The number of ether oxygens (including phenoxy) is 1. The molecule has 5 N–H and O–H groups in total. The van der Waals surface area contributed by atoms with Crippen LogP contribution in [0.15, 0.2) is 53.9 Å². The van der Waals surface area contributed by atoms with E-state index in [1.165, 1.54) is 23.2 Å². The van der Waals surface area contributed by atoms with Crippen molar-refractivity contribution < 1.29 is 29.2 Å². The second kappa shape index (κ2) is 10.0. The first-order chi connectivity index (χ1) is 17.3. The number of para-hydroxylation sites is 1. The highest BCUT2D eigenvalue weighted by atomic mass is 16.6. The molecular weight excluding hydrogens is 474 g/mol. The number of imidazole rings is 1. The third-order valence-corrected chi connectivity index (χ3v) is 5.23. The fourth-order valence-corrected chi connectivity index (χ4v) is 3.52. The van der Waals surface area contributed by atoms with Crippen molar-refractivity contribution in [2.24, 2.45) is 10.7 Å². The molecule has 4 rings (SSSR count). The highest BCUT2D eigenvalue weighted by molar-refractivity contribution is 6.42. The van der Waals surface area contributed by atoms with E-state index in [0.717, 1.165) is 11.6 Å². The molecule has 0 spiro atoms. The Hall–Kier alpha value is -5.11.